The predicted octanol–water partition coefficient (Wildman–Crippen LogP) is 0.767. The molecule has 0 unspecified atom stereocenters. The Labute approximate surface area is 300 Å². The van der Waals surface area contributed by atoms with Gasteiger partial charge in [0, 0.05) is 36.4 Å². The molecule has 52 heavy (non-hydrogen) atoms. The Morgan fingerprint density at radius 3 is 2.15 bits per heavy atom. The average Bonchev–Trinajstić information content (AvgIpc) is 3.08. The number of rotatable bonds is 5. The summed E-state index contributed by atoms with van der Waals surface area (Å²) in [6, 6.07) is 2.21. The van der Waals surface area contributed by atoms with Crippen LogP contribution in [-0.4, -0.2) is 126 Å². The number of phenols is 1. The molecule has 1 aromatic rings. The lowest BCUT2D eigenvalue weighted by Crippen LogP contribution is -2.90. The van der Waals surface area contributed by atoms with E-state index >= 15 is 0 Å². The minimum absolute atomic E-state index is 0.136. The minimum atomic E-state index is -3.58. The SMILES string of the molecule is CC1=CC(=O)[C@@]2(O)[C@@]3(O)C(=O)c4ccc([C@H]5CC[C@H](O[C@@H]6CC[C@@H](O)[C@@H](C)O6)[C@H](C)O5)c(O)c4C(=O)[C@]3(O)C[C@H](O[C@H]3CC[C@H](N)[C@H](C)O3)[C@@]2(O)C1. The maximum atomic E-state index is 14.6. The molecular weight excluding hydrogens is 682 g/mol. The summed E-state index contributed by atoms with van der Waals surface area (Å²) in [6.45, 7) is 6.79. The number of ketones is 3. The van der Waals surface area contributed by atoms with Crippen LogP contribution in [0.4, 0.5) is 0 Å². The fourth-order valence-corrected chi connectivity index (χ4v) is 9.19. The van der Waals surface area contributed by atoms with Crippen LogP contribution in [0.3, 0.4) is 0 Å². The summed E-state index contributed by atoms with van der Waals surface area (Å²) in [5.74, 6) is -4.75. The van der Waals surface area contributed by atoms with Gasteiger partial charge < -0.3 is 60.1 Å². The Balaban J connectivity index is 1.22. The largest absolute Gasteiger partial charge is 0.507 e. The molecule has 7 rings (SSSR count). The third-order valence-corrected chi connectivity index (χ3v) is 12.3. The van der Waals surface area contributed by atoms with Crippen molar-refractivity contribution in [1.29, 1.82) is 0 Å². The van der Waals surface area contributed by atoms with E-state index in [0.717, 1.165) is 6.08 Å². The molecule has 1 aromatic carbocycles. The second-order valence-corrected chi connectivity index (χ2v) is 15.7. The van der Waals surface area contributed by atoms with Gasteiger partial charge in [-0.25, -0.2) is 0 Å². The van der Waals surface area contributed by atoms with Gasteiger partial charge in [0.1, 0.15) is 11.4 Å². The zero-order valence-corrected chi connectivity index (χ0v) is 29.7. The van der Waals surface area contributed by atoms with Gasteiger partial charge in [-0.15, -0.1) is 0 Å². The first-order chi connectivity index (χ1) is 24.4. The van der Waals surface area contributed by atoms with Gasteiger partial charge in [0.15, 0.2) is 29.6 Å². The molecule has 0 amide bonds. The van der Waals surface area contributed by atoms with E-state index in [4.69, 9.17) is 29.4 Å². The predicted molar refractivity (Wildman–Crippen MR) is 178 cm³/mol. The van der Waals surface area contributed by atoms with Crippen molar-refractivity contribution in [3.8, 4) is 5.75 Å². The van der Waals surface area contributed by atoms with Crippen molar-refractivity contribution in [2.75, 3.05) is 0 Å². The van der Waals surface area contributed by atoms with Crippen LogP contribution >= 0.6 is 0 Å². The average molecular weight is 732 g/mol. The molecule has 0 bridgehead atoms. The topological polar surface area (TPSA) is 245 Å². The Morgan fingerprint density at radius 1 is 0.808 bits per heavy atom. The number of aliphatic hydroxyl groups excluding tert-OH is 1. The molecule has 15 nitrogen and oxygen atoms in total. The van der Waals surface area contributed by atoms with Crippen molar-refractivity contribution in [3.05, 3.63) is 40.5 Å². The molecule has 14 atom stereocenters. The van der Waals surface area contributed by atoms with Crippen molar-refractivity contribution in [2.45, 2.75) is 163 Å². The number of ether oxygens (including phenoxy) is 5. The van der Waals surface area contributed by atoms with E-state index in [1.807, 2.05) is 0 Å². The number of hydrogen-bond donors (Lipinski definition) is 7. The van der Waals surface area contributed by atoms with E-state index in [9.17, 15) is 45.0 Å². The molecule has 6 aliphatic rings. The maximum absolute atomic E-state index is 14.6. The Morgan fingerprint density at radius 2 is 1.48 bits per heavy atom. The van der Waals surface area contributed by atoms with Gasteiger partial charge in [0.2, 0.25) is 17.2 Å². The van der Waals surface area contributed by atoms with Crippen LogP contribution in [-0.2, 0) is 28.5 Å². The fraction of sp³-hybridized carbons (Fsp3) is 0.703. The molecule has 3 aliphatic carbocycles. The van der Waals surface area contributed by atoms with Gasteiger partial charge >= 0.3 is 0 Å². The van der Waals surface area contributed by atoms with Crippen LogP contribution in [0.25, 0.3) is 0 Å². The molecule has 3 saturated heterocycles. The lowest BCUT2D eigenvalue weighted by molar-refractivity contribution is -0.339. The number of hydrogen-bond acceptors (Lipinski definition) is 15. The molecule has 15 heteroatoms. The van der Waals surface area contributed by atoms with Gasteiger partial charge in [-0.05, 0) is 71.9 Å². The number of aliphatic hydroxyl groups is 5. The van der Waals surface area contributed by atoms with Crippen molar-refractivity contribution in [2.24, 2.45) is 5.73 Å². The van der Waals surface area contributed by atoms with Crippen LogP contribution in [0.5, 0.6) is 5.75 Å². The molecule has 286 valence electrons. The number of carbonyl (C=O) groups excluding carboxylic acids is 3. The van der Waals surface area contributed by atoms with Crippen molar-refractivity contribution >= 4 is 17.3 Å². The summed E-state index contributed by atoms with van der Waals surface area (Å²) >= 11 is 0. The molecule has 3 heterocycles. The second kappa shape index (κ2) is 13.0. The van der Waals surface area contributed by atoms with E-state index in [0.29, 0.717) is 37.7 Å². The number of aromatic hydroxyl groups is 1. The summed E-state index contributed by atoms with van der Waals surface area (Å²) in [4.78, 5) is 42.8. The van der Waals surface area contributed by atoms with E-state index in [2.05, 4.69) is 0 Å². The summed E-state index contributed by atoms with van der Waals surface area (Å²) in [6.07, 6.45) is -4.25. The summed E-state index contributed by atoms with van der Waals surface area (Å²) < 4.78 is 30.2. The van der Waals surface area contributed by atoms with Crippen molar-refractivity contribution in [3.63, 3.8) is 0 Å². The zero-order valence-electron chi connectivity index (χ0n) is 29.7. The molecule has 4 fully saturated rings. The van der Waals surface area contributed by atoms with E-state index in [1.54, 1.807) is 20.8 Å². The van der Waals surface area contributed by atoms with Gasteiger partial charge in [0.25, 0.3) is 0 Å². The maximum Gasteiger partial charge on any atom is 0.203 e. The number of nitrogens with two attached hydrogens (primary N) is 1. The van der Waals surface area contributed by atoms with Gasteiger partial charge in [0.05, 0.1) is 48.3 Å². The second-order valence-electron chi connectivity index (χ2n) is 15.7. The van der Waals surface area contributed by atoms with Crippen LogP contribution in [0.15, 0.2) is 23.8 Å². The third kappa shape index (κ3) is 5.31. The highest BCUT2D eigenvalue weighted by molar-refractivity contribution is 6.26. The Bertz CT molecular complexity index is 1680. The van der Waals surface area contributed by atoms with Crippen molar-refractivity contribution < 1.29 is 68.7 Å². The van der Waals surface area contributed by atoms with Gasteiger partial charge in [-0.2, -0.15) is 0 Å². The van der Waals surface area contributed by atoms with Gasteiger partial charge in [-0.3, -0.25) is 14.4 Å². The molecular formula is C37H49NO14. The Hall–Kier alpha value is -2.67. The van der Waals surface area contributed by atoms with Crippen molar-refractivity contribution in [1.82, 2.24) is 0 Å². The standard InChI is InChI=1S/C37H49NO14/c1-16-13-26(40)36(46)34(44,14-16)27(52-29-11-7-22(38)17(2)49-29)15-35(45)33(43)30-21(32(42)37(35,36)47)6-5-20(31(30)41)25-10-9-24(19(4)48-25)51-28-12-8-23(39)18(3)50-28/h5-6,13,17-19,22-25,27-29,39,41,44-47H,7-12,14-15,38H2,1-4H3/t17-,18+,19-,22-,23+,24-,25+,27-,28+,29-,34-,35+,36-,37+/m0/s1. The summed E-state index contributed by atoms with van der Waals surface area (Å²) in [5, 5.41) is 70.9. The molecule has 0 aromatic heterocycles. The number of carbonyl (C=O) groups is 3. The van der Waals surface area contributed by atoms with Gasteiger partial charge in [-0.1, -0.05) is 11.6 Å². The Kier molecular flexibility index (Phi) is 9.39. The normalized spacial score (nSPS) is 46.6. The minimum Gasteiger partial charge on any atom is -0.507 e. The zero-order chi connectivity index (χ0) is 37.7. The summed E-state index contributed by atoms with van der Waals surface area (Å²) in [7, 11) is 0. The quantitative estimate of drug-likeness (QED) is 0.221. The van der Waals surface area contributed by atoms with E-state index < -0.39 is 113 Å². The van der Waals surface area contributed by atoms with Crippen LogP contribution in [0.1, 0.15) is 111 Å². The molecule has 0 spiro atoms. The van der Waals surface area contributed by atoms with E-state index in [-0.39, 0.29) is 30.2 Å². The monoisotopic (exact) mass is 731 g/mol. The highest BCUT2D eigenvalue weighted by Gasteiger charge is 2.85. The number of benzene rings is 1. The fourth-order valence-electron chi connectivity index (χ4n) is 9.19. The first-order valence-electron chi connectivity index (χ1n) is 18.1. The van der Waals surface area contributed by atoms with Crippen LogP contribution in [0.2, 0.25) is 0 Å². The first kappa shape index (κ1) is 37.6. The number of phenolic OH excluding ortho intramolecular Hbond substituents is 1. The molecule has 1 saturated carbocycles. The van der Waals surface area contributed by atoms with Crippen LogP contribution < -0.4 is 5.73 Å². The third-order valence-electron chi connectivity index (χ3n) is 12.3. The van der Waals surface area contributed by atoms with E-state index in [1.165, 1.54) is 19.1 Å². The lowest BCUT2D eigenvalue weighted by Gasteiger charge is -2.63. The smallest absolute Gasteiger partial charge is 0.203 e. The highest BCUT2D eigenvalue weighted by atomic mass is 16.7. The highest BCUT2D eigenvalue weighted by Crippen LogP contribution is 2.59. The van der Waals surface area contributed by atoms with Crippen LogP contribution in [0, 0.1) is 0 Å². The number of Topliss-reactive ketones (excluding diaryl/α,β-unsaturated/α-hetero) is 2. The first-order valence-corrected chi connectivity index (χ1v) is 18.1. The number of fused-ring (bicyclic) bond motifs is 4. The molecule has 8 N–H and O–H groups in total. The lowest BCUT2D eigenvalue weighted by atomic mass is 9.46. The molecule has 0 radical (unpaired) electrons. The summed E-state index contributed by atoms with van der Waals surface area (Å²) in [5.41, 5.74) is -7.66. The molecule has 3 aliphatic heterocycles.